The number of benzene rings is 1. The van der Waals surface area contributed by atoms with Crippen LogP contribution in [0.3, 0.4) is 0 Å². The fraction of sp³-hybridized carbons (Fsp3) is 0.438. The predicted octanol–water partition coefficient (Wildman–Crippen LogP) is 2.70. The lowest BCUT2D eigenvalue weighted by atomic mass is 10.2. The molecule has 2 aromatic rings. The summed E-state index contributed by atoms with van der Waals surface area (Å²) in [5, 5.41) is 4.11. The van der Waals surface area contributed by atoms with Gasteiger partial charge in [0.2, 0.25) is 5.91 Å². The molecule has 1 aromatic heterocycles. The van der Waals surface area contributed by atoms with Crippen molar-refractivity contribution in [3.8, 4) is 0 Å². The van der Waals surface area contributed by atoms with Crippen LogP contribution in [0.5, 0.6) is 0 Å². The minimum absolute atomic E-state index is 0.0763. The Balaban J connectivity index is 1.66. The summed E-state index contributed by atoms with van der Waals surface area (Å²) < 4.78 is 5.85. The third kappa shape index (κ3) is 2.85. The van der Waals surface area contributed by atoms with Gasteiger partial charge >= 0.3 is 0 Å². The molecule has 1 heterocycles. The van der Waals surface area contributed by atoms with Crippen molar-refractivity contribution in [1.82, 2.24) is 10.2 Å². The van der Waals surface area contributed by atoms with Crippen LogP contribution in [0.15, 0.2) is 34.7 Å². The Labute approximate surface area is 118 Å². The number of hydrogen-bond donors (Lipinski definition) is 1. The maximum Gasteiger partial charge on any atom is 0.234 e. The number of nitrogens with one attached hydrogen (secondary N) is 1. The second kappa shape index (κ2) is 5.29. The Hall–Kier alpha value is -1.81. The molecule has 0 aliphatic heterocycles. The van der Waals surface area contributed by atoms with Gasteiger partial charge in [-0.05, 0) is 38.9 Å². The summed E-state index contributed by atoms with van der Waals surface area (Å²) in [4.78, 5) is 13.8. The number of furan rings is 1. The summed E-state index contributed by atoms with van der Waals surface area (Å²) in [6.07, 6.45) is 2.24. The van der Waals surface area contributed by atoms with Crippen LogP contribution in [0.1, 0.15) is 31.6 Å². The van der Waals surface area contributed by atoms with E-state index in [4.69, 9.17) is 4.42 Å². The van der Waals surface area contributed by atoms with E-state index in [9.17, 15) is 4.79 Å². The van der Waals surface area contributed by atoms with Gasteiger partial charge in [-0.25, -0.2) is 0 Å². The Morgan fingerprint density at radius 1 is 1.45 bits per heavy atom. The average molecular weight is 272 g/mol. The number of fused-ring (bicyclic) bond motifs is 1. The molecule has 1 amide bonds. The lowest BCUT2D eigenvalue weighted by Gasteiger charge is -2.22. The maximum atomic E-state index is 11.8. The molecule has 20 heavy (non-hydrogen) atoms. The van der Waals surface area contributed by atoms with Crippen LogP contribution < -0.4 is 5.32 Å². The van der Waals surface area contributed by atoms with Crippen LogP contribution in [-0.2, 0) is 4.79 Å². The quantitative estimate of drug-likeness (QED) is 0.910. The van der Waals surface area contributed by atoms with Gasteiger partial charge in [-0.1, -0.05) is 18.2 Å². The Morgan fingerprint density at radius 2 is 2.20 bits per heavy atom. The lowest BCUT2D eigenvalue weighted by Crippen LogP contribution is -2.37. The van der Waals surface area contributed by atoms with Crippen molar-refractivity contribution in [2.75, 3.05) is 13.6 Å². The molecule has 1 aromatic carbocycles. The number of carbonyl (C=O) groups is 1. The standard InChI is InChI=1S/C16H20N2O2/c1-11(18(2)10-16(19)17-13-7-8-13)15-9-12-5-3-4-6-14(12)20-15/h3-6,9,11,13H,7-8,10H2,1-2H3,(H,17,19)/t11-/m0/s1. The molecular weight excluding hydrogens is 252 g/mol. The largest absolute Gasteiger partial charge is 0.459 e. The van der Waals surface area contributed by atoms with E-state index in [1.165, 1.54) is 0 Å². The van der Waals surface area contributed by atoms with Crippen molar-refractivity contribution in [3.05, 3.63) is 36.1 Å². The SMILES string of the molecule is C[C@@H](c1cc2ccccc2o1)N(C)CC(=O)NC1CC1. The van der Waals surface area contributed by atoms with Gasteiger partial charge in [0.15, 0.2) is 0 Å². The van der Waals surface area contributed by atoms with Gasteiger partial charge in [-0.15, -0.1) is 0 Å². The molecule has 1 saturated carbocycles. The molecule has 0 spiro atoms. The highest BCUT2D eigenvalue weighted by Gasteiger charge is 2.25. The molecule has 4 heteroatoms. The van der Waals surface area contributed by atoms with E-state index in [0.29, 0.717) is 12.6 Å². The van der Waals surface area contributed by atoms with Crippen LogP contribution in [0.25, 0.3) is 11.0 Å². The summed E-state index contributed by atoms with van der Waals surface area (Å²) in [6.45, 7) is 2.46. The monoisotopic (exact) mass is 272 g/mol. The molecule has 0 bridgehead atoms. The predicted molar refractivity (Wildman–Crippen MR) is 78.4 cm³/mol. The molecule has 106 valence electrons. The van der Waals surface area contributed by atoms with Gasteiger partial charge in [-0.3, -0.25) is 9.69 Å². The second-order valence-electron chi connectivity index (χ2n) is 5.62. The normalized spacial score (nSPS) is 16.6. The van der Waals surface area contributed by atoms with E-state index in [1.807, 2.05) is 36.2 Å². The van der Waals surface area contributed by atoms with Gasteiger partial charge in [-0.2, -0.15) is 0 Å². The number of carbonyl (C=O) groups excluding carboxylic acids is 1. The smallest absolute Gasteiger partial charge is 0.234 e. The van der Waals surface area contributed by atoms with Crippen molar-refractivity contribution < 1.29 is 9.21 Å². The molecule has 3 rings (SSSR count). The zero-order chi connectivity index (χ0) is 14.1. The van der Waals surface area contributed by atoms with E-state index in [0.717, 1.165) is 29.6 Å². The number of amides is 1. The molecular formula is C16H20N2O2. The van der Waals surface area contributed by atoms with Crippen LogP contribution in [0, 0.1) is 0 Å². The highest BCUT2D eigenvalue weighted by Crippen LogP contribution is 2.26. The second-order valence-corrected chi connectivity index (χ2v) is 5.62. The lowest BCUT2D eigenvalue weighted by molar-refractivity contribution is -0.122. The highest BCUT2D eigenvalue weighted by molar-refractivity contribution is 5.79. The van der Waals surface area contributed by atoms with Crippen LogP contribution in [0.2, 0.25) is 0 Å². The van der Waals surface area contributed by atoms with Crippen molar-refractivity contribution in [2.24, 2.45) is 0 Å². The Bertz CT molecular complexity index is 583. The van der Waals surface area contributed by atoms with E-state index >= 15 is 0 Å². The van der Waals surface area contributed by atoms with Crippen molar-refractivity contribution >= 4 is 16.9 Å². The topological polar surface area (TPSA) is 45.5 Å². The third-order valence-corrected chi connectivity index (χ3v) is 3.85. The number of nitrogens with zero attached hydrogens (tertiary/aromatic N) is 1. The summed E-state index contributed by atoms with van der Waals surface area (Å²) in [7, 11) is 1.95. The first kappa shape index (κ1) is 13.2. The summed E-state index contributed by atoms with van der Waals surface area (Å²) in [6, 6.07) is 10.5. The molecule has 1 fully saturated rings. The minimum atomic E-state index is 0.0763. The van der Waals surface area contributed by atoms with E-state index in [-0.39, 0.29) is 11.9 Å². The van der Waals surface area contributed by atoms with E-state index in [2.05, 4.69) is 18.3 Å². The minimum Gasteiger partial charge on any atom is -0.459 e. The summed E-state index contributed by atoms with van der Waals surface area (Å²) in [5.74, 6) is 0.992. The first-order chi connectivity index (χ1) is 9.63. The fourth-order valence-electron chi connectivity index (χ4n) is 2.29. The molecule has 1 aliphatic rings. The van der Waals surface area contributed by atoms with Crippen LogP contribution in [-0.4, -0.2) is 30.4 Å². The third-order valence-electron chi connectivity index (χ3n) is 3.85. The first-order valence-corrected chi connectivity index (χ1v) is 7.11. The number of hydrogen-bond acceptors (Lipinski definition) is 3. The molecule has 1 atom stereocenters. The Kier molecular flexibility index (Phi) is 3.49. The number of para-hydroxylation sites is 1. The molecule has 1 N–H and O–H groups in total. The van der Waals surface area contributed by atoms with E-state index in [1.54, 1.807) is 0 Å². The summed E-state index contributed by atoms with van der Waals surface area (Å²) in [5.41, 5.74) is 0.894. The zero-order valence-electron chi connectivity index (χ0n) is 11.9. The first-order valence-electron chi connectivity index (χ1n) is 7.11. The van der Waals surface area contributed by atoms with Gasteiger partial charge in [0.1, 0.15) is 11.3 Å². The van der Waals surface area contributed by atoms with Crippen molar-refractivity contribution in [1.29, 1.82) is 0 Å². The Morgan fingerprint density at radius 3 is 2.90 bits per heavy atom. The number of rotatable bonds is 5. The average Bonchev–Trinajstić information content (AvgIpc) is 3.12. The highest BCUT2D eigenvalue weighted by atomic mass is 16.3. The van der Waals surface area contributed by atoms with Crippen LogP contribution >= 0.6 is 0 Å². The van der Waals surface area contributed by atoms with Gasteiger partial charge in [0.25, 0.3) is 0 Å². The fourth-order valence-corrected chi connectivity index (χ4v) is 2.29. The van der Waals surface area contributed by atoms with Gasteiger partial charge in [0.05, 0.1) is 12.6 Å². The molecule has 0 unspecified atom stereocenters. The van der Waals surface area contributed by atoms with Crippen molar-refractivity contribution in [2.45, 2.75) is 31.8 Å². The molecule has 0 radical (unpaired) electrons. The maximum absolute atomic E-state index is 11.8. The van der Waals surface area contributed by atoms with Crippen LogP contribution in [0.4, 0.5) is 0 Å². The number of likely N-dealkylation sites (N-methyl/N-ethyl adjacent to an activating group) is 1. The zero-order valence-corrected chi connectivity index (χ0v) is 11.9. The van der Waals surface area contributed by atoms with E-state index < -0.39 is 0 Å². The molecule has 0 saturated heterocycles. The molecule has 4 nitrogen and oxygen atoms in total. The van der Waals surface area contributed by atoms with Gasteiger partial charge < -0.3 is 9.73 Å². The van der Waals surface area contributed by atoms with Crippen molar-refractivity contribution in [3.63, 3.8) is 0 Å². The summed E-state index contributed by atoms with van der Waals surface area (Å²) >= 11 is 0. The van der Waals surface area contributed by atoms with Gasteiger partial charge in [0, 0.05) is 11.4 Å². The molecule has 1 aliphatic carbocycles.